The van der Waals surface area contributed by atoms with Crippen LogP contribution in [0.4, 0.5) is 0 Å². The second-order valence-corrected chi connectivity index (χ2v) is 5.65. The summed E-state index contributed by atoms with van der Waals surface area (Å²) in [5.41, 5.74) is 2.11. The topological polar surface area (TPSA) is 29.9 Å². The highest BCUT2D eigenvalue weighted by atomic mass is 35.5. The molecule has 0 spiro atoms. The van der Waals surface area contributed by atoms with Crippen molar-refractivity contribution in [2.75, 3.05) is 6.61 Å². The summed E-state index contributed by atoms with van der Waals surface area (Å²) >= 11 is 11.5. The average Bonchev–Trinajstić information content (AvgIpc) is 2.86. The van der Waals surface area contributed by atoms with Gasteiger partial charge < -0.3 is 14.3 Å². The van der Waals surface area contributed by atoms with Crippen LogP contribution in [0.5, 0.6) is 0 Å². The predicted octanol–water partition coefficient (Wildman–Crippen LogP) is 3.78. The molecule has 2 unspecified atom stereocenters. The lowest BCUT2D eigenvalue weighted by molar-refractivity contribution is 0.102. The third-order valence-corrected chi connectivity index (χ3v) is 4.25. The van der Waals surface area contributed by atoms with Crippen LogP contribution in [0.2, 0.25) is 5.02 Å². The molecule has 1 fully saturated rings. The monoisotopic (exact) mass is 282 g/mol. The summed E-state index contributed by atoms with van der Waals surface area (Å²) in [6, 6.07) is 5.81. The van der Waals surface area contributed by atoms with Crippen molar-refractivity contribution in [2.45, 2.75) is 26.0 Å². The van der Waals surface area contributed by atoms with Gasteiger partial charge >= 0.3 is 0 Å². The van der Waals surface area contributed by atoms with E-state index in [0.717, 1.165) is 40.4 Å². The first kappa shape index (κ1) is 12.2. The quantitative estimate of drug-likeness (QED) is 0.850. The first-order valence-corrected chi connectivity index (χ1v) is 6.93. The number of hydrogen-bond donors (Lipinski definition) is 1. The van der Waals surface area contributed by atoms with Crippen LogP contribution in [0.25, 0.3) is 11.0 Å². The maximum absolute atomic E-state index is 6.06. The Morgan fingerprint density at radius 2 is 2.39 bits per heavy atom. The maximum Gasteiger partial charge on any atom is 0.178 e. The lowest BCUT2D eigenvalue weighted by Gasteiger charge is -2.15. The summed E-state index contributed by atoms with van der Waals surface area (Å²) in [6.45, 7) is 3.87. The molecule has 1 aromatic carbocycles. The molecular weight excluding hydrogens is 268 g/mol. The molecule has 3 nitrogen and oxygen atoms in total. The minimum atomic E-state index is 0.302. The zero-order chi connectivity index (χ0) is 12.7. The molecule has 1 N–H and O–H groups in total. The zero-order valence-electron chi connectivity index (χ0n) is 10.1. The Morgan fingerprint density at radius 3 is 3.11 bits per heavy atom. The first-order valence-electron chi connectivity index (χ1n) is 6.15. The average molecular weight is 283 g/mol. The van der Waals surface area contributed by atoms with Crippen molar-refractivity contribution in [3.8, 4) is 0 Å². The maximum atomic E-state index is 6.06. The highest BCUT2D eigenvalue weighted by molar-refractivity contribution is 7.71. The van der Waals surface area contributed by atoms with E-state index in [1.807, 2.05) is 18.2 Å². The molecule has 3 rings (SSSR count). The first-order chi connectivity index (χ1) is 8.65. The third kappa shape index (κ3) is 2.09. The molecule has 96 valence electrons. The lowest BCUT2D eigenvalue weighted by Crippen LogP contribution is -2.17. The molecule has 0 bridgehead atoms. The van der Waals surface area contributed by atoms with Crippen molar-refractivity contribution in [3.63, 3.8) is 0 Å². The van der Waals surface area contributed by atoms with Crippen LogP contribution in [0.3, 0.4) is 0 Å². The summed E-state index contributed by atoms with van der Waals surface area (Å²) in [7, 11) is 0. The fourth-order valence-corrected chi connectivity index (χ4v) is 3.01. The zero-order valence-corrected chi connectivity index (χ0v) is 11.7. The van der Waals surface area contributed by atoms with Crippen molar-refractivity contribution >= 4 is 34.9 Å². The van der Waals surface area contributed by atoms with Gasteiger partial charge in [-0.25, -0.2) is 0 Å². The van der Waals surface area contributed by atoms with Gasteiger partial charge in [0.25, 0.3) is 0 Å². The molecule has 0 amide bonds. The second-order valence-electron chi connectivity index (χ2n) is 4.83. The van der Waals surface area contributed by atoms with E-state index in [1.165, 1.54) is 0 Å². The number of aromatic amines is 1. The Kier molecular flexibility index (Phi) is 3.18. The van der Waals surface area contributed by atoms with Crippen LogP contribution in [-0.4, -0.2) is 22.3 Å². The summed E-state index contributed by atoms with van der Waals surface area (Å²) in [4.78, 5) is 3.22. The van der Waals surface area contributed by atoms with Crippen molar-refractivity contribution in [2.24, 2.45) is 5.92 Å². The van der Waals surface area contributed by atoms with E-state index in [4.69, 9.17) is 28.6 Å². The highest BCUT2D eigenvalue weighted by Gasteiger charge is 2.25. The summed E-state index contributed by atoms with van der Waals surface area (Å²) in [5, 5.41) is 0.737. The molecule has 5 heteroatoms. The largest absolute Gasteiger partial charge is 0.378 e. The van der Waals surface area contributed by atoms with Crippen molar-refractivity contribution < 1.29 is 4.74 Å². The van der Waals surface area contributed by atoms with Crippen LogP contribution < -0.4 is 0 Å². The number of aromatic nitrogens is 2. The number of ether oxygens (including phenoxy) is 1. The fourth-order valence-electron chi connectivity index (χ4n) is 2.56. The molecule has 2 aromatic rings. The highest BCUT2D eigenvalue weighted by Crippen LogP contribution is 2.25. The molecule has 0 radical (unpaired) electrons. The van der Waals surface area contributed by atoms with Gasteiger partial charge in [0.15, 0.2) is 4.77 Å². The van der Waals surface area contributed by atoms with Gasteiger partial charge in [-0.1, -0.05) is 11.6 Å². The number of nitrogens with one attached hydrogen (secondary N) is 1. The van der Waals surface area contributed by atoms with Crippen molar-refractivity contribution in [3.05, 3.63) is 28.0 Å². The van der Waals surface area contributed by atoms with E-state index < -0.39 is 0 Å². The Morgan fingerprint density at radius 1 is 1.56 bits per heavy atom. The van der Waals surface area contributed by atoms with Gasteiger partial charge in [-0.2, -0.15) is 0 Å². The number of hydrogen-bond acceptors (Lipinski definition) is 2. The molecule has 2 atom stereocenters. The van der Waals surface area contributed by atoms with Crippen LogP contribution in [0.1, 0.15) is 13.3 Å². The van der Waals surface area contributed by atoms with E-state index in [1.54, 1.807) is 0 Å². The molecule has 1 saturated heterocycles. The van der Waals surface area contributed by atoms with Crippen LogP contribution in [0, 0.1) is 10.7 Å². The summed E-state index contributed by atoms with van der Waals surface area (Å²) < 4.78 is 8.49. The number of halogens is 1. The van der Waals surface area contributed by atoms with Gasteiger partial charge in [-0.15, -0.1) is 0 Å². The SMILES string of the molecule is CC1OCCC1Cn1c(=S)[nH]c2ccc(Cl)cc21. The Labute approximate surface area is 116 Å². The van der Waals surface area contributed by atoms with Crippen LogP contribution in [-0.2, 0) is 11.3 Å². The Hall–Kier alpha value is -0.840. The predicted molar refractivity (Wildman–Crippen MR) is 75.7 cm³/mol. The van der Waals surface area contributed by atoms with E-state index in [0.29, 0.717) is 12.0 Å². The molecule has 0 saturated carbocycles. The number of H-pyrrole nitrogens is 1. The Bertz CT molecular complexity index is 633. The van der Waals surface area contributed by atoms with Gasteiger partial charge in [-0.05, 0) is 43.8 Å². The van der Waals surface area contributed by atoms with Gasteiger partial charge in [0.1, 0.15) is 0 Å². The number of benzene rings is 1. The standard InChI is InChI=1S/C13H15ClN2OS/c1-8-9(4-5-17-8)7-16-12-6-10(14)2-3-11(12)15-13(16)18/h2-3,6,8-9H,4-5,7H2,1H3,(H,15,18). The van der Waals surface area contributed by atoms with E-state index in [9.17, 15) is 0 Å². The minimum absolute atomic E-state index is 0.302. The summed E-state index contributed by atoms with van der Waals surface area (Å²) in [5.74, 6) is 0.523. The molecule has 18 heavy (non-hydrogen) atoms. The second kappa shape index (κ2) is 4.68. The molecule has 2 heterocycles. The van der Waals surface area contributed by atoms with Crippen LogP contribution >= 0.6 is 23.8 Å². The number of rotatable bonds is 2. The van der Waals surface area contributed by atoms with Gasteiger partial charge in [0.05, 0.1) is 17.1 Å². The number of imidazole rings is 1. The van der Waals surface area contributed by atoms with Crippen LogP contribution in [0.15, 0.2) is 18.2 Å². The number of fused-ring (bicyclic) bond motifs is 1. The van der Waals surface area contributed by atoms with Gasteiger partial charge in [0.2, 0.25) is 0 Å². The number of nitrogens with zero attached hydrogens (tertiary/aromatic N) is 1. The molecule has 1 aromatic heterocycles. The summed E-state index contributed by atoms with van der Waals surface area (Å²) in [6.07, 6.45) is 1.40. The molecule has 1 aliphatic heterocycles. The third-order valence-electron chi connectivity index (χ3n) is 3.69. The molecule has 1 aliphatic rings. The fraction of sp³-hybridized carbons (Fsp3) is 0.462. The lowest BCUT2D eigenvalue weighted by atomic mass is 10.0. The van der Waals surface area contributed by atoms with Gasteiger partial charge in [0, 0.05) is 24.1 Å². The van der Waals surface area contributed by atoms with E-state index >= 15 is 0 Å². The Balaban J connectivity index is 2.02. The molecule has 0 aliphatic carbocycles. The smallest absolute Gasteiger partial charge is 0.178 e. The minimum Gasteiger partial charge on any atom is -0.378 e. The van der Waals surface area contributed by atoms with Crippen molar-refractivity contribution in [1.29, 1.82) is 0 Å². The van der Waals surface area contributed by atoms with E-state index in [2.05, 4.69) is 16.5 Å². The molecular formula is C13H15ClN2OS. The van der Waals surface area contributed by atoms with E-state index in [-0.39, 0.29) is 0 Å². The van der Waals surface area contributed by atoms with Gasteiger partial charge in [-0.3, -0.25) is 0 Å². The normalized spacial score (nSPS) is 23.9. The van der Waals surface area contributed by atoms with Crippen molar-refractivity contribution in [1.82, 2.24) is 9.55 Å².